The normalized spacial score (nSPS) is 11.8. The van der Waals surface area contributed by atoms with Gasteiger partial charge < -0.3 is 11.5 Å². The van der Waals surface area contributed by atoms with Crippen LogP contribution in [0.15, 0.2) is 18.5 Å². The first-order valence-electron chi connectivity index (χ1n) is 4.87. The standard InChI is InChI=1S/C10H7ClF4N4/c11-7-5(16)1-6(17)9(8(7)12)19-3-4(2-18-19)10(13,14)15/h1-3H,16-17H2. The highest BCUT2D eigenvalue weighted by Gasteiger charge is 2.32. The molecule has 0 spiro atoms. The van der Waals surface area contributed by atoms with Crippen LogP contribution in [0.5, 0.6) is 0 Å². The summed E-state index contributed by atoms with van der Waals surface area (Å²) in [4.78, 5) is 0. The molecule has 0 fully saturated rings. The number of hydrogen-bond donors (Lipinski definition) is 2. The Morgan fingerprint density at radius 2 is 1.84 bits per heavy atom. The van der Waals surface area contributed by atoms with E-state index in [2.05, 4.69) is 5.10 Å². The summed E-state index contributed by atoms with van der Waals surface area (Å²) in [6.07, 6.45) is -3.41. The summed E-state index contributed by atoms with van der Waals surface area (Å²) >= 11 is 5.58. The molecule has 0 amide bonds. The first-order chi connectivity index (χ1) is 8.71. The molecule has 102 valence electrons. The number of nitrogen functional groups attached to an aromatic ring is 2. The molecule has 0 saturated heterocycles. The molecule has 0 aliphatic rings. The number of benzene rings is 1. The molecular weight excluding hydrogens is 288 g/mol. The van der Waals surface area contributed by atoms with Crippen LogP contribution in [0.1, 0.15) is 5.56 Å². The van der Waals surface area contributed by atoms with E-state index >= 15 is 0 Å². The Labute approximate surface area is 109 Å². The second-order valence-corrected chi connectivity index (χ2v) is 4.08. The second kappa shape index (κ2) is 4.30. The number of halogens is 5. The Hall–Kier alpha value is -1.96. The summed E-state index contributed by atoms with van der Waals surface area (Å²) < 4.78 is 51.9. The molecule has 1 aromatic heterocycles. The van der Waals surface area contributed by atoms with E-state index < -0.39 is 22.6 Å². The predicted octanol–water partition coefficient (Wildman–Crippen LogP) is 2.85. The number of alkyl halides is 3. The van der Waals surface area contributed by atoms with Gasteiger partial charge in [-0.15, -0.1) is 0 Å². The zero-order valence-corrected chi connectivity index (χ0v) is 9.93. The Kier molecular flexibility index (Phi) is 3.05. The summed E-state index contributed by atoms with van der Waals surface area (Å²) in [5, 5.41) is 3.00. The maximum absolute atomic E-state index is 13.9. The summed E-state index contributed by atoms with van der Waals surface area (Å²) in [5.41, 5.74) is 9.22. The van der Waals surface area contributed by atoms with E-state index in [9.17, 15) is 17.6 Å². The van der Waals surface area contributed by atoms with Crippen molar-refractivity contribution >= 4 is 23.0 Å². The number of nitrogens with two attached hydrogens (primary N) is 2. The van der Waals surface area contributed by atoms with E-state index in [1.807, 2.05) is 0 Å². The van der Waals surface area contributed by atoms with E-state index in [0.717, 1.165) is 6.07 Å². The van der Waals surface area contributed by atoms with Gasteiger partial charge in [0.25, 0.3) is 0 Å². The van der Waals surface area contributed by atoms with Gasteiger partial charge in [0, 0.05) is 6.20 Å². The largest absolute Gasteiger partial charge is 0.419 e. The average Bonchev–Trinajstić information content (AvgIpc) is 2.75. The smallest absolute Gasteiger partial charge is 0.397 e. The number of nitrogens with zero attached hydrogens (tertiary/aromatic N) is 2. The lowest BCUT2D eigenvalue weighted by Crippen LogP contribution is -2.07. The molecule has 4 nitrogen and oxygen atoms in total. The number of hydrogen-bond acceptors (Lipinski definition) is 3. The van der Waals surface area contributed by atoms with Gasteiger partial charge in [0.2, 0.25) is 0 Å². The molecule has 0 saturated carbocycles. The molecule has 2 rings (SSSR count). The quantitative estimate of drug-likeness (QED) is 0.627. The predicted molar refractivity (Wildman–Crippen MR) is 62.4 cm³/mol. The lowest BCUT2D eigenvalue weighted by atomic mass is 10.2. The van der Waals surface area contributed by atoms with E-state index in [4.69, 9.17) is 23.1 Å². The van der Waals surface area contributed by atoms with Crippen LogP contribution in [-0.4, -0.2) is 9.78 Å². The molecule has 0 bridgehead atoms. The molecule has 0 atom stereocenters. The molecule has 1 aromatic carbocycles. The van der Waals surface area contributed by atoms with Crippen molar-refractivity contribution in [1.82, 2.24) is 9.78 Å². The van der Waals surface area contributed by atoms with E-state index in [1.54, 1.807) is 0 Å². The maximum atomic E-state index is 13.9. The Morgan fingerprint density at radius 3 is 2.37 bits per heavy atom. The molecular formula is C10H7ClF4N4. The lowest BCUT2D eigenvalue weighted by molar-refractivity contribution is -0.137. The summed E-state index contributed by atoms with van der Waals surface area (Å²) in [6, 6.07) is 1.15. The van der Waals surface area contributed by atoms with Crippen molar-refractivity contribution in [2.45, 2.75) is 6.18 Å². The Balaban J connectivity index is 2.60. The third kappa shape index (κ3) is 2.30. The molecule has 19 heavy (non-hydrogen) atoms. The summed E-state index contributed by atoms with van der Waals surface area (Å²) in [7, 11) is 0. The van der Waals surface area contributed by atoms with Gasteiger partial charge in [-0.2, -0.15) is 18.3 Å². The van der Waals surface area contributed by atoms with Gasteiger partial charge in [-0.05, 0) is 6.07 Å². The van der Waals surface area contributed by atoms with Crippen molar-refractivity contribution in [2.75, 3.05) is 11.5 Å². The highest BCUT2D eigenvalue weighted by atomic mass is 35.5. The monoisotopic (exact) mass is 294 g/mol. The Morgan fingerprint density at radius 1 is 1.21 bits per heavy atom. The van der Waals surface area contributed by atoms with Crippen LogP contribution in [0, 0.1) is 5.82 Å². The van der Waals surface area contributed by atoms with Gasteiger partial charge in [0.15, 0.2) is 5.82 Å². The number of anilines is 2. The Bertz CT molecular complexity index is 635. The summed E-state index contributed by atoms with van der Waals surface area (Å²) in [6.45, 7) is 0. The third-order valence-corrected chi connectivity index (χ3v) is 2.76. The first kappa shape index (κ1) is 13.5. The number of aromatic nitrogens is 2. The van der Waals surface area contributed by atoms with Crippen LogP contribution in [0.25, 0.3) is 5.69 Å². The van der Waals surface area contributed by atoms with E-state index in [0.29, 0.717) is 17.1 Å². The van der Waals surface area contributed by atoms with Crippen molar-refractivity contribution in [3.8, 4) is 5.69 Å². The van der Waals surface area contributed by atoms with Gasteiger partial charge >= 0.3 is 6.18 Å². The highest BCUT2D eigenvalue weighted by Crippen LogP contribution is 2.34. The van der Waals surface area contributed by atoms with Crippen LogP contribution in [-0.2, 0) is 6.18 Å². The van der Waals surface area contributed by atoms with Gasteiger partial charge in [0.1, 0.15) is 10.7 Å². The maximum Gasteiger partial charge on any atom is 0.419 e. The van der Waals surface area contributed by atoms with Crippen LogP contribution in [0.3, 0.4) is 0 Å². The summed E-state index contributed by atoms with van der Waals surface area (Å²) in [5.74, 6) is -1.03. The molecule has 0 unspecified atom stereocenters. The van der Waals surface area contributed by atoms with Crippen LogP contribution >= 0.6 is 11.6 Å². The van der Waals surface area contributed by atoms with Crippen LogP contribution in [0.4, 0.5) is 28.9 Å². The zero-order valence-electron chi connectivity index (χ0n) is 9.17. The van der Waals surface area contributed by atoms with E-state index in [1.165, 1.54) is 0 Å². The minimum Gasteiger partial charge on any atom is -0.397 e. The average molecular weight is 295 g/mol. The second-order valence-electron chi connectivity index (χ2n) is 3.70. The van der Waals surface area contributed by atoms with Gasteiger partial charge in [-0.25, -0.2) is 9.07 Å². The van der Waals surface area contributed by atoms with Gasteiger partial charge in [-0.3, -0.25) is 0 Å². The lowest BCUT2D eigenvalue weighted by Gasteiger charge is -2.10. The zero-order chi connectivity index (χ0) is 14.4. The minimum atomic E-state index is -4.58. The van der Waals surface area contributed by atoms with Crippen LogP contribution < -0.4 is 11.5 Å². The van der Waals surface area contributed by atoms with Gasteiger partial charge in [0.05, 0.1) is 23.1 Å². The molecule has 0 radical (unpaired) electrons. The number of rotatable bonds is 1. The minimum absolute atomic E-state index is 0.108. The van der Waals surface area contributed by atoms with Crippen molar-refractivity contribution in [1.29, 1.82) is 0 Å². The molecule has 9 heteroatoms. The fourth-order valence-electron chi connectivity index (χ4n) is 1.48. The highest BCUT2D eigenvalue weighted by molar-refractivity contribution is 6.33. The van der Waals surface area contributed by atoms with Crippen molar-refractivity contribution in [2.24, 2.45) is 0 Å². The molecule has 0 aliphatic heterocycles. The van der Waals surface area contributed by atoms with E-state index in [-0.39, 0.29) is 17.1 Å². The van der Waals surface area contributed by atoms with Crippen molar-refractivity contribution < 1.29 is 17.6 Å². The molecule has 2 aromatic rings. The fourth-order valence-corrected chi connectivity index (χ4v) is 1.63. The van der Waals surface area contributed by atoms with Crippen molar-refractivity contribution in [3.63, 3.8) is 0 Å². The fraction of sp³-hybridized carbons (Fsp3) is 0.100. The van der Waals surface area contributed by atoms with Gasteiger partial charge in [-0.1, -0.05) is 11.6 Å². The third-order valence-electron chi connectivity index (χ3n) is 2.38. The topological polar surface area (TPSA) is 69.9 Å². The molecule has 4 N–H and O–H groups in total. The van der Waals surface area contributed by atoms with Crippen LogP contribution in [0.2, 0.25) is 5.02 Å². The first-order valence-corrected chi connectivity index (χ1v) is 5.24. The van der Waals surface area contributed by atoms with Crippen molar-refractivity contribution in [3.05, 3.63) is 34.9 Å². The SMILES string of the molecule is Nc1cc(N)c(-n2cc(C(F)(F)F)cn2)c(F)c1Cl. The molecule has 1 heterocycles. The molecule has 0 aliphatic carbocycles.